The minimum absolute atomic E-state index is 0.0656. The molecule has 2 aliphatic rings. The Hall–Kier alpha value is -3.03. The van der Waals surface area contributed by atoms with Crippen molar-refractivity contribution in [3.8, 4) is 5.75 Å². The van der Waals surface area contributed by atoms with E-state index in [9.17, 15) is 14.0 Å². The van der Waals surface area contributed by atoms with Gasteiger partial charge in [-0.1, -0.05) is 29.8 Å². The number of nitrogens with zero attached hydrogens (tertiary/aromatic N) is 2. The van der Waals surface area contributed by atoms with Crippen LogP contribution in [-0.2, 0) is 16.2 Å². The average Bonchev–Trinajstić information content (AvgIpc) is 3.37. The van der Waals surface area contributed by atoms with Crippen LogP contribution in [0.15, 0.2) is 66.7 Å². The number of thioether (sulfide) groups is 1. The van der Waals surface area contributed by atoms with Gasteiger partial charge in [0.15, 0.2) is 4.87 Å². The molecule has 3 aromatic rings. The van der Waals surface area contributed by atoms with Crippen LogP contribution in [-0.4, -0.2) is 36.1 Å². The molecule has 33 heavy (non-hydrogen) atoms. The standard InChI is InChI=1S/C25H20ClFN2O3S/c1-32-19-10-11-22-20(14-19)25(24(31)28(22)15-17-4-2-3-5-21(17)27)29(12-13-33-25)23(30)16-6-8-18(26)9-7-16/h2-11,14H,12-13,15H2,1H3/t25-/m0/s1. The minimum atomic E-state index is -1.24. The predicted molar refractivity (Wildman–Crippen MR) is 127 cm³/mol. The molecule has 0 saturated carbocycles. The van der Waals surface area contributed by atoms with Crippen LogP contribution in [0.2, 0.25) is 5.02 Å². The molecular weight excluding hydrogens is 463 g/mol. The Morgan fingerprint density at radius 3 is 2.64 bits per heavy atom. The van der Waals surface area contributed by atoms with Gasteiger partial charge in [0.25, 0.3) is 11.8 Å². The second-order valence-corrected chi connectivity index (χ2v) is 9.55. The molecule has 0 aliphatic carbocycles. The molecule has 0 aromatic heterocycles. The highest BCUT2D eigenvalue weighted by Crippen LogP contribution is 2.55. The average molecular weight is 483 g/mol. The first kappa shape index (κ1) is 21.8. The maximum absolute atomic E-state index is 14.5. The Kier molecular flexibility index (Phi) is 5.54. The lowest BCUT2D eigenvalue weighted by atomic mass is 10.0. The van der Waals surface area contributed by atoms with Gasteiger partial charge in [-0.3, -0.25) is 9.59 Å². The minimum Gasteiger partial charge on any atom is -0.497 e. The number of anilines is 1. The fraction of sp³-hybridized carbons (Fsp3) is 0.200. The summed E-state index contributed by atoms with van der Waals surface area (Å²) < 4.78 is 19.9. The highest BCUT2D eigenvalue weighted by atomic mass is 35.5. The van der Waals surface area contributed by atoms with Gasteiger partial charge in [-0.15, -0.1) is 11.8 Å². The zero-order chi connectivity index (χ0) is 23.2. The van der Waals surface area contributed by atoms with Crippen LogP contribution in [0.1, 0.15) is 21.5 Å². The van der Waals surface area contributed by atoms with Gasteiger partial charge >= 0.3 is 0 Å². The molecule has 0 bridgehead atoms. The summed E-state index contributed by atoms with van der Waals surface area (Å²) in [5.41, 5.74) is 2.18. The number of halogens is 2. The number of ether oxygens (including phenoxy) is 1. The first-order chi connectivity index (χ1) is 16.0. The molecule has 2 heterocycles. The summed E-state index contributed by atoms with van der Waals surface area (Å²) in [4.78, 5) is 29.5. The zero-order valence-corrected chi connectivity index (χ0v) is 19.3. The summed E-state index contributed by atoms with van der Waals surface area (Å²) >= 11 is 7.41. The van der Waals surface area contributed by atoms with E-state index in [1.807, 2.05) is 0 Å². The van der Waals surface area contributed by atoms with Crippen molar-refractivity contribution >= 4 is 40.9 Å². The lowest BCUT2D eigenvalue weighted by molar-refractivity contribution is -0.123. The van der Waals surface area contributed by atoms with Crippen LogP contribution in [0.4, 0.5) is 10.1 Å². The number of amides is 2. The molecular formula is C25H20ClFN2O3S. The van der Waals surface area contributed by atoms with Gasteiger partial charge < -0.3 is 14.5 Å². The maximum atomic E-state index is 14.5. The molecule has 2 amide bonds. The van der Waals surface area contributed by atoms with Crippen molar-refractivity contribution in [2.75, 3.05) is 24.3 Å². The first-order valence-corrected chi connectivity index (χ1v) is 11.8. The van der Waals surface area contributed by atoms with E-state index < -0.39 is 4.87 Å². The van der Waals surface area contributed by atoms with Gasteiger partial charge in [0.05, 0.1) is 19.3 Å². The molecule has 5 rings (SSSR count). The molecule has 8 heteroatoms. The second-order valence-electron chi connectivity index (χ2n) is 7.82. The van der Waals surface area contributed by atoms with Gasteiger partial charge in [-0.05, 0) is 48.5 Å². The molecule has 1 atom stereocenters. The van der Waals surface area contributed by atoms with Gasteiger partial charge in [0.2, 0.25) is 0 Å². The zero-order valence-electron chi connectivity index (χ0n) is 17.8. The monoisotopic (exact) mass is 482 g/mol. The summed E-state index contributed by atoms with van der Waals surface area (Å²) in [7, 11) is 1.56. The second kappa shape index (κ2) is 8.39. The van der Waals surface area contributed by atoms with E-state index in [1.165, 1.54) is 17.8 Å². The highest BCUT2D eigenvalue weighted by molar-refractivity contribution is 8.01. The molecule has 0 N–H and O–H groups in total. The number of hydrogen-bond donors (Lipinski definition) is 0. The maximum Gasteiger partial charge on any atom is 0.268 e. The number of hydrogen-bond acceptors (Lipinski definition) is 4. The van der Waals surface area contributed by atoms with E-state index in [0.717, 1.165) is 0 Å². The Labute approximate surface area is 200 Å². The Morgan fingerprint density at radius 2 is 1.91 bits per heavy atom. The Balaban J connectivity index is 1.62. The van der Waals surface area contributed by atoms with Crippen LogP contribution in [0.3, 0.4) is 0 Å². The molecule has 5 nitrogen and oxygen atoms in total. The van der Waals surface area contributed by atoms with Crippen molar-refractivity contribution in [3.05, 3.63) is 94.3 Å². The number of carbonyl (C=O) groups is 2. The van der Waals surface area contributed by atoms with Crippen molar-refractivity contribution in [3.63, 3.8) is 0 Å². The van der Waals surface area contributed by atoms with Crippen LogP contribution in [0.25, 0.3) is 0 Å². The third-order valence-electron chi connectivity index (χ3n) is 6.02. The van der Waals surface area contributed by atoms with Crippen molar-refractivity contribution in [2.45, 2.75) is 11.4 Å². The number of methoxy groups -OCH3 is 1. The SMILES string of the molecule is COc1ccc2c(c1)[C@]1(SCCN1C(=O)c1ccc(Cl)cc1)C(=O)N2Cc1ccccc1F. The van der Waals surface area contributed by atoms with Crippen LogP contribution < -0.4 is 9.64 Å². The summed E-state index contributed by atoms with van der Waals surface area (Å²) in [6.07, 6.45) is 0. The Bertz CT molecular complexity index is 1250. The summed E-state index contributed by atoms with van der Waals surface area (Å²) in [6, 6.07) is 18.4. The van der Waals surface area contributed by atoms with E-state index in [4.69, 9.17) is 16.3 Å². The van der Waals surface area contributed by atoms with E-state index in [1.54, 1.807) is 77.6 Å². The fourth-order valence-electron chi connectivity index (χ4n) is 4.42. The molecule has 2 aliphatic heterocycles. The van der Waals surface area contributed by atoms with E-state index in [0.29, 0.717) is 45.4 Å². The van der Waals surface area contributed by atoms with Gasteiger partial charge in [0, 0.05) is 34.0 Å². The lowest BCUT2D eigenvalue weighted by Crippen LogP contribution is -2.50. The molecule has 3 aromatic carbocycles. The molecule has 1 spiro atoms. The highest BCUT2D eigenvalue weighted by Gasteiger charge is 2.59. The molecule has 168 valence electrons. The fourth-order valence-corrected chi connectivity index (χ4v) is 6.00. The molecule has 0 radical (unpaired) electrons. The third kappa shape index (κ3) is 3.47. The normalized spacial score (nSPS) is 19.3. The molecule has 1 saturated heterocycles. The third-order valence-corrected chi connectivity index (χ3v) is 7.69. The molecule has 1 fully saturated rings. The van der Waals surface area contributed by atoms with Crippen molar-refractivity contribution in [1.82, 2.24) is 4.90 Å². The van der Waals surface area contributed by atoms with Crippen LogP contribution in [0, 0.1) is 5.82 Å². The quantitative estimate of drug-likeness (QED) is 0.520. The smallest absolute Gasteiger partial charge is 0.268 e. The van der Waals surface area contributed by atoms with Gasteiger partial charge in [-0.2, -0.15) is 0 Å². The Morgan fingerprint density at radius 1 is 1.15 bits per heavy atom. The largest absolute Gasteiger partial charge is 0.497 e. The van der Waals surface area contributed by atoms with E-state index >= 15 is 0 Å². The first-order valence-electron chi connectivity index (χ1n) is 10.4. The summed E-state index contributed by atoms with van der Waals surface area (Å²) in [6.45, 7) is 0.470. The number of benzene rings is 3. The van der Waals surface area contributed by atoms with Crippen molar-refractivity contribution in [1.29, 1.82) is 0 Å². The van der Waals surface area contributed by atoms with E-state index in [2.05, 4.69) is 0 Å². The topological polar surface area (TPSA) is 49.9 Å². The predicted octanol–water partition coefficient (Wildman–Crippen LogP) is 5.08. The lowest BCUT2D eigenvalue weighted by Gasteiger charge is -2.33. The van der Waals surface area contributed by atoms with Gasteiger partial charge in [0.1, 0.15) is 11.6 Å². The van der Waals surface area contributed by atoms with Crippen molar-refractivity contribution < 1.29 is 18.7 Å². The van der Waals surface area contributed by atoms with E-state index in [-0.39, 0.29) is 24.2 Å². The number of rotatable bonds is 4. The number of fused-ring (bicyclic) bond motifs is 2. The summed E-state index contributed by atoms with van der Waals surface area (Å²) in [5.74, 6) is 0.273. The molecule has 0 unspecified atom stereocenters. The van der Waals surface area contributed by atoms with Crippen LogP contribution in [0.5, 0.6) is 5.75 Å². The van der Waals surface area contributed by atoms with Crippen molar-refractivity contribution in [2.24, 2.45) is 0 Å². The van der Waals surface area contributed by atoms with Gasteiger partial charge in [-0.25, -0.2) is 4.39 Å². The van der Waals surface area contributed by atoms with Crippen LogP contribution >= 0.6 is 23.4 Å². The summed E-state index contributed by atoms with van der Waals surface area (Å²) in [5, 5.41) is 0.528. The number of carbonyl (C=O) groups excluding carboxylic acids is 2.